The summed E-state index contributed by atoms with van der Waals surface area (Å²) in [5.74, 6) is -2.12. The van der Waals surface area contributed by atoms with Gasteiger partial charge in [-0.25, -0.2) is 8.78 Å². The van der Waals surface area contributed by atoms with Gasteiger partial charge in [-0.1, -0.05) is 36.4 Å². The number of hydrogen-bond donors (Lipinski definition) is 0. The molecule has 2 aromatic carbocycles. The molecule has 1 nitrogen and oxygen atoms in total. The Hall–Kier alpha value is -2.03. The van der Waals surface area contributed by atoms with Crippen LogP contribution in [0.2, 0.25) is 0 Å². The van der Waals surface area contributed by atoms with Gasteiger partial charge in [-0.2, -0.15) is 0 Å². The van der Waals surface area contributed by atoms with Crippen molar-refractivity contribution in [1.29, 1.82) is 0 Å². The van der Waals surface area contributed by atoms with Crippen LogP contribution in [0.5, 0.6) is 0 Å². The number of aryl methyl sites for hydroxylation is 1. The first-order valence-electron chi connectivity index (χ1n) is 5.61. The van der Waals surface area contributed by atoms with Crippen molar-refractivity contribution in [3.05, 3.63) is 70.8 Å². The van der Waals surface area contributed by atoms with Crippen molar-refractivity contribution >= 4 is 5.78 Å². The summed E-state index contributed by atoms with van der Waals surface area (Å²) in [4.78, 5) is 11.9. The van der Waals surface area contributed by atoms with E-state index in [4.69, 9.17) is 0 Å². The van der Waals surface area contributed by atoms with Gasteiger partial charge in [-0.3, -0.25) is 4.79 Å². The highest BCUT2D eigenvalue weighted by atomic mass is 19.1. The van der Waals surface area contributed by atoms with Crippen LogP contribution in [-0.2, 0) is 6.42 Å². The summed E-state index contributed by atoms with van der Waals surface area (Å²) in [6, 6.07) is 11.3. The summed E-state index contributed by atoms with van der Waals surface area (Å²) in [5.41, 5.74) is 0.564. The Kier molecular flexibility index (Phi) is 3.51. The summed E-state index contributed by atoms with van der Waals surface area (Å²) in [5, 5.41) is 0. The number of hydrogen-bond acceptors (Lipinski definition) is 1. The van der Waals surface area contributed by atoms with E-state index in [0.29, 0.717) is 0 Å². The Bertz CT molecular complexity index is 577. The molecular weight excluding hydrogens is 234 g/mol. The van der Waals surface area contributed by atoms with Gasteiger partial charge in [-0.05, 0) is 24.1 Å². The maximum absolute atomic E-state index is 13.8. The van der Waals surface area contributed by atoms with Crippen LogP contribution >= 0.6 is 0 Å². The van der Waals surface area contributed by atoms with Gasteiger partial charge in [0.2, 0.25) is 0 Å². The van der Waals surface area contributed by atoms with Gasteiger partial charge in [-0.15, -0.1) is 0 Å². The van der Waals surface area contributed by atoms with Gasteiger partial charge in [0.25, 0.3) is 0 Å². The lowest BCUT2D eigenvalue weighted by molar-refractivity contribution is 0.0984. The van der Waals surface area contributed by atoms with Crippen LogP contribution in [0.3, 0.4) is 0 Å². The number of ketones is 1. The molecule has 0 amide bonds. The first-order valence-corrected chi connectivity index (χ1v) is 5.61. The minimum Gasteiger partial charge on any atom is -0.294 e. The molecule has 0 fully saturated rings. The summed E-state index contributed by atoms with van der Waals surface area (Å²) in [6.45, 7) is 1.51. The largest absolute Gasteiger partial charge is 0.294 e. The van der Waals surface area contributed by atoms with Crippen molar-refractivity contribution in [2.24, 2.45) is 0 Å². The predicted molar refractivity (Wildman–Crippen MR) is 65.6 cm³/mol. The molecule has 0 aliphatic carbocycles. The lowest BCUT2D eigenvalue weighted by atomic mass is 10.0. The third kappa shape index (κ3) is 2.45. The van der Waals surface area contributed by atoms with Gasteiger partial charge in [0, 0.05) is 6.42 Å². The van der Waals surface area contributed by atoms with Crippen LogP contribution in [0.15, 0.2) is 42.5 Å². The molecule has 0 atom stereocenters. The highest BCUT2D eigenvalue weighted by Gasteiger charge is 2.18. The Morgan fingerprint density at radius 1 is 1.06 bits per heavy atom. The lowest BCUT2D eigenvalue weighted by Crippen LogP contribution is -2.10. The smallest absolute Gasteiger partial charge is 0.173 e. The highest BCUT2D eigenvalue weighted by Crippen LogP contribution is 2.18. The summed E-state index contributed by atoms with van der Waals surface area (Å²) >= 11 is 0. The van der Waals surface area contributed by atoms with Gasteiger partial charge >= 0.3 is 0 Å². The number of carbonyl (C=O) groups is 1. The first-order chi connectivity index (χ1) is 8.59. The molecule has 0 saturated heterocycles. The van der Waals surface area contributed by atoms with Gasteiger partial charge < -0.3 is 0 Å². The monoisotopic (exact) mass is 246 g/mol. The molecular formula is C15H12F2O. The quantitative estimate of drug-likeness (QED) is 0.755. The van der Waals surface area contributed by atoms with Crippen LogP contribution in [0, 0.1) is 18.6 Å². The third-order valence-electron chi connectivity index (χ3n) is 2.77. The normalized spacial score (nSPS) is 10.4. The summed E-state index contributed by atoms with van der Waals surface area (Å²) < 4.78 is 27.3. The number of halogens is 2. The Labute approximate surface area is 104 Å². The average molecular weight is 246 g/mol. The molecule has 0 aromatic heterocycles. The van der Waals surface area contributed by atoms with Crippen molar-refractivity contribution in [1.82, 2.24) is 0 Å². The van der Waals surface area contributed by atoms with Crippen LogP contribution < -0.4 is 0 Å². The first kappa shape index (κ1) is 12.4. The summed E-state index contributed by atoms with van der Waals surface area (Å²) in [6.07, 6.45) is -0.00185. The van der Waals surface area contributed by atoms with Crippen LogP contribution in [0.1, 0.15) is 21.5 Å². The molecule has 2 aromatic rings. The molecule has 2 rings (SSSR count). The second kappa shape index (κ2) is 5.08. The zero-order valence-electron chi connectivity index (χ0n) is 9.91. The topological polar surface area (TPSA) is 17.1 Å². The highest BCUT2D eigenvalue weighted by molar-refractivity contribution is 5.98. The maximum Gasteiger partial charge on any atom is 0.173 e. The number of rotatable bonds is 3. The van der Waals surface area contributed by atoms with Crippen molar-refractivity contribution in [2.45, 2.75) is 13.3 Å². The molecule has 92 valence electrons. The van der Waals surface area contributed by atoms with E-state index in [2.05, 4.69) is 0 Å². The number of carbonyl (C=O) groups excluding carboxylic acids is 1. The summed E-state index contributed by atoms with van der Waals surface area (Å²) in [7, 11) is 0. The fourth-order valence-corrected chi connectivity index (χ4v) is 1.78. The second-order valence-electron chi connectivity index (χ2n) is 4.14. The van der Waals surface area contributed by atoms with E-state index in [1.807, 2.05) is 6.07 Å². The molecule has 0 saturated carbocycles. The van der Waals surface area contributed by atoms with E-state index in [1.165, 1.54) is 13.0 Å². The van der Waals surface area contributed by atoms with Crippen LogP contribution in [0.4, 0.5) is 8.78 Å². The van der Waals surface area contributed by atoms with Gasteiger partial charge in [0.15, 0.2) is 5.78 Å². The molecule has 0 N–H and O–H groups in total. The molecule has 0 bridgehead atoms. The van der Waals surface area contributed by atoms with Gasteiger partial charge in [0.05, 0.1) is 5.56 Å². The molecule has 0 spiro atoms. The van der Waals surface area contributed by atoms with E-state index < -0.39 is 23.0 Å². The van der Waals surface area contributed by atoms with Crippen LogP contribution in [0.25, 0.3) is 0 Å². The lowest BCUT2D eigenvalue weighted by Gasteiger charge is -2.06. The molecule has 0 aliphatic heterocycles. The Morgan fingerprint density at radius 3 is 2.39 bits per heavy atom. The van der Waals surface area contributed by atoms with E-state index in [1.54, 1.807) is 24.3 Å². The minimum absolute atomic E-state index is 0.00185. The number of Topliss-reactive ketones (excluding diaryl/α,β-unsaturated/α-hetero) is 1. The SMILES string of the molecule is Cc1ccc(F)c(C(=O)Cc2ccccc2)c1F. The Balaban J connectivity index is 2.33. The van der Waals surface area contributed by atoms with E-state index in [9.17, 15) is 13.6 Å². The molecule has 0 heterocycles. The fourth-order valence-electron chi connectivity index (χ4n) is 1.78. The molecule has 3 heteroatoms. The maximum atomic E-state index is 13.8. The molecule has 18 heavy (non-hydrogen) atoms. The third-order valence-corrected chi connectivity index (χ3v) is 2.77. The second-order valence-corrected chi connectivity index (χ2v) is 4.14. The van der Waals surface area contributed by atoms with Crippen molar-refractivity contribution in [3.8, 4) is 0 Å². The van der Waals surface area contributed by atoms with Crippen molar-refractivity contribution < 1.29 is 13.6 Å². The van der Waals surface area contributed by atoms with Crippen LogP contribution in [-0.4, -0.2) is 5.78 Å². The zero-order chi connectivity index (χ0) is 13.1. The standard InChI is InChI=1S/C15H12F2O/c1-10-7-8-12(16)14(15(10)17)13(18)9-11-5-3-2-4-6-11/h2-8H,9H2,1H3. The molecule has 0 aliphatic rings. The van der Waals surface area contributed by atoms with E-state index >= 15 is 0 Å². The Morgan fingerprint density at radius 2 is 1.72 bits per heavy atom. The van der Waals surface area contributed by atoms with Crippen molar-refractivity contribution in [3.63, 3.8) is 0 Å². The fraction of sp³-hybridized carbons (Fsp3) is 0.133. The van der Waals surface area contributed by atoms with E-state index in [-0.39, 0.29) is 12.0 Å². The van der Waals surface area contributed by atoms with Gasteiger partial charge in [0.1, 0.15) is 11.6 Å². The zero-order valence-corrected chi connectivity index (χ0v) is 9.91. The molecule has 0 radical (unpaired) electrons. The minimum atomic E-state index is -0.806. The van der Waals surface area contributed by atoms with Crippen molar-refractivity contribution in [2.75, 3.05) is 0 Å². The van der Waals surface area contributed by atoms with E-state index in [0.717, 1.165) is 11.6 Å². The molecule has 0 unspecified atom stereocenters. The number of benzene rings is 2. The average Bonchev–Trinajstić information content (AvgIpc) is 2.36. The predicted octanol–water partition coefficient (Wildman–Crippen LogP) is 3.70.